The van der Waals surface area contributed by atoms with Crippen molar-refractivity contribution >= 4 is 69.1 Å². The number of anilines is 1. The molecule has 2 heterocycles. The molecular formula is C40H37NOSSi. The maximum Gasteiger partial charge on any atom is 0.178 e. The predicted octanol–water partition coefficient (Wildman–Crippen LogP) is 9.59. The second-order valence-corrected chi connectivity index (χ2v) is 19.5. The van der Waals surface area contributed by atoms with Gasteiger partial charge < -0.3 is 9.64 Å². The van der Waals surface area contributed by atoms with Gasteiger partial charge >= 0.3 is 0 Å². The van der Waals surface area contributed by atoms with Crippen molar-refractivity contribution in [3.05, 3.63) is 132 Å². The molecule has 1 fully saturated rings. The summed E-state index contributed by atoms with van der Waals surface area (Å²) in [5.74, 6) is 3.30. The number of ether oxygens (including phenoxy) is 1. The van der Waals surface area contributed by atoms with Crippen LogP contribution >= 0.6 is 11.8 Å². The van der Waals surface area contributed by atoms with Gasteiger partial charge in [-0.1, -0.05) is 116 Å². The third kappa shape index (κ3) is 4.55. The van der Waals surface area contributed by atoms with Crippen LogP contribution in [0.4, 0.5) is 5.69 Å². The van der Waals surface area contributed by atoms with E-state index in [1.807, 2.05) is 11.8 Å². The minimum atomic E-state index is -1.44. The van der Waals surface area contributed by atoms with E-state index >= 15 is 0 Å². The molecule has 0 N–H and O–H groups in total. The van der Waals surface area contributed by atoms with Crippen LogP contribution in [0.25, 0.3) is 38.4 Å². The lowest BCUT2D eigenvalue weighted by molar-refractivity contribution is 0.161. The van der Waals surface area contributed by atoms with E-state index in [0.717, 1.165) is 35.5 Å². The summed E-state index contributed by atoms with van der Waals surface area (Å²) in [6.45, 7) is 9.42. The molecule has 218 valence electrons. The largest absolute Gasteiger partial charge is 0.473 e. The van der Waals surface area contributed by atoms with Gasteiger partial charge in [0.1, 0.15) is 5.75 Å². The summed E-state index contributed by atoms with van der Waals surface area (Å²) in [5, 5.41) is 9.07. The van der Waals surface area contributed by atoms with Gasteiger partial charge in [-0.05, 0) is 62.7 Å². The molecule has 2 nitrogen and oxygen atoms in total. The van der Waals surface area contributed by atoms with Crippen molar-refractivity contribution in [2.45, 2.75) is 25.2 Å². The number of hydrogen-bond donors (Lipinski definition) is 0. The summed E-state index contributed by atoms with van der Waals surface area (Å²) in [6, 6.07) is 40.5. The third-order valence-corrected chi connectivity index (χ3v) is 12.5. The minimum absolute atomic E-state index is 0.721. The minimum Gasteiger partial charge on any atom is -0.473 e. The van der Waals surface area contributed by atoms with Gasteiger partial charge in [-0.25, -0.2) is 0 Å². The van der Waals surface area contributed by atoms with Crippen molar-refractivity contribution in [1.29, 1.82) is 0 Å². The maximum atomic E-state index is 7.28. The zero-order chi connectivity index (χ0) is 29.9. The van der Waals surface area contributed by atoms with E-state index < -0.39 is 13.7 Å². The smallest absolute Gasteiger partial charge is 0.178 e. The summed E-state index contributed by atoms with van der Waals surface area (Å²) >= 11 is 2.05. The van der Waals surface area contributed by atoms with Crippen LogP contribution in [0, 0.1) is 0 Å². The van der Waals surface area contributed by atoms with E-state index in [0.29, 0.717) is 0 Å². The van der Waals surface area contributed by atoms with E-state index in [4.69, 9.17) is 4.74 Å². The van der Waals surface area contributed by atoms with Crippen LogP contribution in [0.1, 0.15) is 16.7 Å². The standard InChI is InChI=1S/C40H37NOSSi/c1-44(2,3)32-18-14-30(15-19-32)40(29-12-16-31(17-13-29)41-22-24-43-25-23-41)21-20-28-26-37-35-10-6-4-8-33(35)34-9-5-7-11-36(34)38(37)27-39(28)42-40/h4-21,26-27H,22-25H2,1-3H3. The van der Waals surface area contributed by atoms with Crippen LogP contribution in [0.3, 0.4) is 0 Å². The number of rotatable bonds is 4. The molecule has 0 aliphatic carbocycles. The zero-order valence-electron chi connectivity index (χ0n) is 25.6. The average Bonchev–Trinajstić information content (AvgIpc) is 3.07. The average molecular weight is 608 g/mol. The van der Waals surface area contributed by atoms with Gasteiger partial charge in [0.15, 0.2) is 5.60 Å². The molecule has 0 saturated carbocycles. The number of hydrogen-bond acceptors (Lipinski definition) is 3. The number of benzene rings is 6. The summed E-state index contributed by atoms with van der Waals surface area (Å²) in [4.78, 5) is 2.50. The quantitative estimate of drug-likeness (QED) is 0.146. The van der Waals surface area contributed by atoms with E-state index in [-0.39, 0.29) is 0 Å². The fourth-order valence-corrected chi connectivity index (χ4v) is 9.09. The summed E-state index contributed by atoms with van der Waals surface area (Å²) in [6.07, 6.45) is 4.56. The number of fused-ring (bicyclic) bond motifs is 7. The molecular weight excluding hydrogens is 571 g/mol. The Balaban J connectivity index is 1.30. The van der Waals surface area contributed by atoms with Crippen LogP contribution in [0.5, 0.6) is 5.75 Å². The normalized spacial score (nSPS) is 18.5. The van der Waals surface area contributed by atoms with Gasteiger partial charge in [0.2, 0.25) is 0 Å². The zero-order valence-corrected chi connectivity index (χ0v) is 27.5. The molecule has 0 spiro atoms. The Hall–Kier alpha value is -3.99. The molecule has 1 unspecified atom stereocenters. The predicted molar refractivity (Wildman–Crippen MR) is 195 cm³/mol. The highest BCUT2D eigenvalue weighted by Gasteiger charge is 2.38. The lowest BCUT2D eigenvalue weighted by Gasteiger charge is -2.37. The molecule has 1 saturated heterocycles. The molecule has 1 atom stereocenters. The molecule has 2 aliphatic heterocycles. The Kier molecular flexibility index (Phi) is 6.62. The Labute approximate surface area is 265 Å². The Morgan fingerprint density at radius 3 is 1.73 bits per heavy atom. The SMILES string of the molecule is C[Si](C)(C)c1ccc(C2(c3ccc(N4CCSCC4)cc3)C=Cc3cc4c5ccccc5c5ccccc5c4cc3O2)cc1. The first-order valence-electron chi connectivity index (χ1n) is 15.7. The van der Waals surface area contributed by atoms with E-state index in [9.17, 15) is 0 Å². The van der Waals surface area contributed by atoms with Gasteiger partial charge in [-0.15, -0.1) is 0 Å². The topological polar surface area (TPSA) is 12.5 Å². The molecule has 6 aromatic carbocycles. The summed E-state index contributed by atoms with van der Waals surface area (Å²) in [7, 11) is -1.44. The number of nitrogens with zero attached hydrogens (tertiary/aromatic N) is 1. The van der Waals surface area contributed by atoms with Crippen molar-refractivity contribution in [2.24, 2.45) is 0 Å². The monoisotopic (exact) mass is 607 g/mol. The molecule has 8 rings (SSSR count). The van der Waals surface area contributed by atoms with Crippen LogP contribution < -0.4 is 14.8 Å². The Morgan fingerprint density at radius 1 is 0.636 bits per heavy atom. The second kappa shape index (κ2) is 10.6. The fraction of sp³-hybridized carbons (Fsp3) is 0.200. The molecule has 44 heavy (non-hydrogen) atoms. The van der Waals surface area contributed by atoms with Gasteiger partial charge in [0.05, 0.1) is 8.07 Å². The number of thioether (sulfide) groups is 1. The Morgan fingerprint density at radius 2 is 1.16 bits per heavy atom. The molecule has 2 aliphatic rings. The highest BCUT2D eigenvalue weighted by molar-refractivity contribution is 7.99. The molecule has 0 amide bonds. The highest BCUT2D eigenvalue weighted by Crippen LogP contribution is 2.46. The molecule has 0 aromatic heterocycles. The lowest BCUT2D eigenvalue weighted by atomic mass is 9.83. The molecule has 0 radical (unpaired) electrons. The van der Waals surface area contributed by atoms with Gasteiger partial charge in [-0.3, -0.25) is 0 Å². The summed E-state index contributed by atoms with van der Waals surface area (Å²) in [5.41, 5.74) is 4.00. The van der Waals surface area contributed by atoms with Crippen molar-refractivity contribution in [3.63, 3.8) is 0 Å². The van der Waals surface area contributed by atoms with Crippen LogP contribution in [-0.2, 0) is 5.60 Å². The first kappa shape index (κ1) is 27.5. The van der Waals surface area contributed by atoms with Crippen molar-refractivity contribution in [2.75, 3.05) is 29.5 Å². The van der Waals surface area contributed by atoms with E-state index in [1.54, 1.807) is 0 Å². The molecule has 0 bridgehead atoms. The Bertz CT molecular complexity index is 2050. The maximum absolute atomic E-state index is 7.28. The molecule has 4 heteroatoms. The van der Waals surface area contributed by atoms with Crippen molar-refractivity contribution in [3.8, 4) is 5.75 Å². The van der Waals surface area contributed by atoms with Crippen LogP contribution in [-0.4, -0.2) is 32.7 Å². The van der Waals surface area contributed by atoms with E-state index in [1.165, 1.54) is 54.7 Å². The fourth-order valence-electron chi connectivity index (χ4n) is 7.02. The van der Waals surface area contributed by atoms with Gasteiger partial charge in [-0.2, -0.15) is 11.8 Å². The van der Waals surface area contributed by atoms with Crippen LogP contribution in [0.15, 0.2) is 115 Å². The molecule has 6 aromatic rings. The highest BCUT2D eigenvalue weighted by atomic mass is 32.2. The van der Waals surface area contributed by atoms with E-state index in [2.05, 4.69) is 146 Å². The first-order valence-corrected chi connectivity index (χ1v) is 20.4. The van der Waals surface area contributed by atoms with Crippen LogP contribution in [0.2, 0.25) is 19.6 Å². The third-order valence-electron chi connectivity index (χ3n) is 9.50. The lowest BCUT2D eigenvalue weighted by Crippen LogP contribution is -2.39. The summed E-state index contributed by atoms with van der Waals surface area (Å²) < 4.78 is 7.28. The van der Waals surface area contributed by atoms with Crippen molar-refractivity contribution < 1.29 is 4.74 Å². The van der Waals surface area contributed by atoms with Gasteiger partial charge in [0.25, 0.3) is 0 Å². The van der Waals surface area contributed by atoms with Crippen molar-refractivity contribution in [1.82, 2.24) is 0 Å². The first-order chi connectivity index (χ1) is 21.4. The second-order valence-electron chi connectivity index (χ2n) is 13.2. The van der Waals surface area contributed by atoms with Gasteiger partial charge in [0, 0.05) is 47.0 Å².